The Balaban J connectivity index is 2.09. The van der Waals surface area contributed by atoms with Crippen molar-refractivity contribution in [3.8, 4) is 5.75 Å². The highest BCUT2D eigenvalue weighted by Gasteiger charge is 2.64. The van der Waals surface area contributed by atoms with E-state index in [9.17, 15) is 9.50 Å². The number of rotatable bonds is 2. The zero-order valence-corrected chi connectivity index (χ0v) is 8.46. The highest BCUT2D eigenvalue weighted by atomic mass is 19.1. The lowest BCUT2D eigenvalue weighted by Crippen LogP contribution is -2.37. The van der Waals surface area contributed by atoms with E-state index in [1.54, 1.807) is 0 Å². The molecular formula is C12H14FNO. The molecule has 0 atom stereocenters. The normalized spacial score (nSPS) is 24.9. The molecule has 0 saturated heterocycles. The largest absolute Gasteiger partial charge is 0.508 e. The highest BCUT2D eigenvalue weighted by molar-refractivity contribution is 5.48. The maximum Gasteiger partial charge on any atom is 0.123 e. The Kier molecular flexibility index (Phi) is 1.54. The van der Waals surface area contributed by atoms with Crippen LogP contribution in [-0.2, 0) is 5.41 Å². The van der Waals surface area contributed by atoms with Gasteiger partial charge < -0.3 is 10.8 Å². The second kappa shape index (κ2) is 2.53. The van der Waals surface area contributed by atoms with Crippen LogP contribution in [0, 0.1) is 5.82 Å². The predicted octanol–water partition coefficient (Wildman–Crippen LogP) is 2.05. The number of aromatic hydroxyl groups is 1. The topological polar surface area (TPSA) is 46.2 Å². The molecule has 2 nitrogen and oxygen atoms in total. The first-order valence-corrected chi connectivity index (χ1v) is 5.35. The maximum absolute atomic E-state index is 13.2. The smallest absolute Gasteiger partial charge is 0.123 e. The van der Waals surface area contributed by atoms with Crippen molar-refractivity contribution in [2.45, 2.75) is 36.6 Å². The van der Waals surface area contributed by atoms with Gasteiger partial charge in [-0.05, 0) is 43.9 Å². The number of hydrogen-bond donors (Lipinski definition) is 2. The molecular weight excluding hydrogens is 193 g/mol. The van der Waals surface area contributed by atoms with E-state index in [1.807, 2.05) is 0 Å². The molecule has 80 valence electrons. The van der Waals surface area contributed by atoms with Crippen LogP contribution in [0.1, 0.15) is 31.2 Å². The molecule has 0 bridgehead atoms. The summed E-state index contributed by atoms with van der Waals surface area (Å²) in [6, 6.07) is 4.15. The molecule has 0 aromatic heterocycles. The Morgan fingerprint density at radius 1 is 1.20 bits per heavy atom. The Morgan fingerprint density at radius 3 is 2.40 bits per heavy atom. The van der Waals surface area contributed by atoms with E-state index >= 15 is 0 Å². The number of halogens is 1. The van der Waals surface area contributed by atoms with Gasteiger partial charge in [0, 0.05) is 16.5 Å². The first-order valence-electron chi connectivity index (χ1n) is 5.35. The number of phenols is 1. The van der Waals surface area contributed by atoms with Crippen LogP contribution in [0.4, 0.5) is 4.39 Å². The quantitative estimate of drug-likeness (QED) is 0.779. The average Bonchev–Trinajstić information content (AvgIpc) is 3.05. The van der Waals surface area contributed by atoms with Crippen LogP contribution in [0.25, 0.3) is 0 Å². The summed E-state index contributed by atoms with van der Waals surface area (Å²) in [6.45, 7) is 0. The van der Waals surface area contributed by atoms with Crippen molar-refractivity contribution in [2.75, 3.05) is 0 Å². The lowest BCUT2D eigenvalue weighted by Gasteiger charge is -2.24. The molecule has 1 aromatic carbocycles. The van der Waals surface area contributed by atoms with E-state index < -0.39 is 0 Å². The van der Waals surface area contributed by atoms with Crippen LogP contribution in [0.15, 0.2) is 18.2 Å². The van der Waals surface area contributed by atoms with Gasteiger partial charge in [-0.15, -0.1) is 0 Å². The minimum Gasteiger partial charge on any atom is -0.508 e. The van der Waals surface area contributed by atoms with Crippen molar-refractivity contribution in [1.82, 2.24) is 0 Å². The summed E-state index contributed by atoms with van der Waals surface area (Å²) in [4.78, 5) is 0. The van der Waals surface area contributed by atoms with E-state index in [1.165, 1.54) is 18.2 Å². The van der Waals surface area contributed by atoms with Crippen molar-refractivity contribution < 1.29 is 9.50 Å². The molecule has 15 heavy (non-hydrogen) atoms. The van der Waals surface area contributed by atoms with Crippen LogP contribution < -0.4 is 5.73 Å². The Hall–Kier alpha value is -1.09. The number of benzene rings is 1. The lowest BCUT2D eigenvalue weighted by molar-refractivity contribution is 0.430. The van der Waals surface area contributed by atoms with Gasteiger partial charge in [0.15, 0.2) is 0 Å². The first kappa shape index (κ1) is 9.16. The zero-order valence-electron chi connectivity index (χ0n) is 8.46. The maximum atomic E-state index is 13.2. The van der Waals surface area contributed by atoms with E-state index in [-0.39, 0.29) is 22.5 Å². The molecule has 3 rings (SSSR count). The Bertz CT molecular complexity index is 422. The molecule has 3 heteroatoms. The van der Waals surface area contributed by atoms with Crippen LogP contribution >= 0.6 is 0 Å². The number of phenolic OH excluding ortho intramolecular Hbond substituents is 1. The molecule has 0 amide bonds. The third-order valence-corrected chi connectivity index (χ3v) is 3.97. The fourth-order valence-corrected chi connectivity index (χ4v) is 2.67. The van der Waals surface area contributed by atoms with Crippen molar-refractivity contribution in [3.05, 3.63) is 29.6 Å². The molecule has 1 aromatic rings. The lowest BCUT2D eigenvalue weighted by atomic mass is 9.85. The van der Waals surface area contributed by atoms with Crippen LogP contribution in [0.5, 0.6) is 5.75 Å². The van der Waals surface area contributed by atoms with Crippen LogP contribution in [0.2, 0.25) is 0 Å². The fourth-order valence-electron chi connectivity index (χ4n) is 2.67. The molecule has 2 fully saturated rings. The zero-order chi connectivity index (χ0) is 10.7. The molecule has 0 aliphatic heterocycles. The molecule has 3 N–H and O–H groups in total. The summed E-state index contributed by atoms with van der Waals surface area (Å²) in [6.07, 6.45) is 3.92. The third-order valence-electron chi connectivity index (χ3n) is 3.97. The van der Waals surface area contributed by atoms with Crippen molar-refractivity contribution in [3.63, 3.8) is 0 Å². The van der Waals surface area contributed by atoms with Gasteiger partial charge in [0.2, 0.25) is 0 Å². The molecule has 0 heterocycles. The Morgan fingerprint density at radius 2 is 1.87 bits per heavy atom. The highest BCUT2D eigenvalue weighted by Crippen LogP contribution is 2.64. The van der Waals surface area contributed by atoms with E-state index in [2.05, 4.69) is 0 Å². The minimum absolute atomic E-state index is 0.140. The van der Waals surface area contributed by atoms with E-state index in [0.717, 1.165) is 25.7 Å². The molecule has 0 spiro atoms. The first-order chi connectivity index (χ1) is 7.07. The standard InChI is InChI=1S/C12H14FNO/c13-8-1-2-10(15)9(7-8)11(3-4-11)12(14)5-6-12/h1-2,7,15H,3-6,14H2. The summed E-state index contributed by atoms with van der Waals surface area (Å²) in [5.41, 5.74) is 6.59. The molecule has 2 aliphatic carbocycles. The minimum atomic E-state index is -0.293. The van der Waals surface area contributed by atoms with Gasteiger partial charge in [0.1, 0.15) is 11.6 Å². The summed E-state index contributed by atoms with van der Waals surface area (Å²) in [5.74, 6) is -0.107. The van der Waals surface area contributed by atoms with Gasteiger partial charge >= 0.3 is 0 Å². The average molecular weight is 207 g/mol. The van der Waals surface area contributed by atoms with Gasteiger partial charge in [-0.1, -0.05) is 0 Å². The van der Waals surface area contributed by atoms with Crippen LogP contribution in [-0.4, -0.2) is 10.6 Å². The van der Waals surface area contributed by atoms with Gasteiger partial charge in [-0.2, -0.15) is 0 Å². The molecule has 0 unspecified atom stereocenters. The van der Waals surface area contributed by atoms with Crippen LogP contribution in [0.3, 0.4) is 0 Å². The number of hydrogen-bond acceptors (Lipinski definition) is 2. The van der Waals surface area contributed by atoms with Crippen molar-refractivity contribution in [1.29, 1.82) is 0 Å². The second-order valence-electron chi connectivity index (χ2n) is 4.90. The van der Waals surface area contributed by atoms with Crippen molar-refractivity contribution in [2.24, 2.45) is 5.73 Å². The molecule has 2 aliphatic rings. The summed E-state index contributed by atoms with van der Waals surface area (Å²) < 4.78 is 13.2. The third kappa shape index (κ3) is 1.13. The summed E-state index contributed by atoms with van der Waals surface area (Å²) in [5, 5.41) is 9.78. The summed E-state index contributed by atoms with van der Waals surface area (Å²) >= 11 is 0. The fraction of sp³-hybridized carbons (Fsp3) is 0.500. The van der Waals surface area contributed by atoms with E-state index in [4.69, 9.17) is 5.73 Å². The van der Waals surface area contributed by atoms with Gasteiger partial charge in [-0.3, -0.25) is 0 Å². The monoisotopic (exact) mass is 207 g/mol. The van der Waals surface area contributed by atoms with Gasteiger partial charge in [0.25, 0.3) is 0 Å². The van der Waals surface area contributed by atoms with Gasteiger partial charge in [-0.25, -0.2) is 4.39 Å². The Labute approximate surface area is 87.9 Å². The second-order valence-corrected chi connectivity index (χ2v) is 4.90. The number of nitrogens with two attached hydrogens (primary N) is 1. The molecule has 0 radical (unpaired) electrons. The van der Waals surface area contributed by atoms with Crippen molar-refractivity contribution >= 4 is 0 Å². The SMILES string of the molecule is NC1(C2(c3cc(F)ccc3O)CC2)CC1. The summed E-state index contributed by atoms with van der Waals surface area (Å²) in [7, 11) is 0. The molecule has 2 saturated carbocycles. The van der Waals surface area contributed by atoms with Gasteiger partial charge in [0.05, 0.1) is 0 Å². The predicted molar refractivity (Wildman–Crippen MR) is 55.1 cm³/mol. The van der Waals surface area contributed by atoms with E-state index in [0.29, 0.717) is 5.56 Å².